The van der Waals surface area contributed by atoms with Gasteiger partial charge in [-0.1, -0.05) is 63.4 Å². The van der Waals surface area contributed by atoms with Crippen LogP contribution in [0.15, 0.2) is 56.0 Å². The van der Waals surface area contributed by atoms with Gasteiger partial charge in [0.2, 0.25) is 0 Å². The number of fused-ring (bicyclic) bond motifs is 2. The molecular weight excluding hydrogens is 304 g/mol. The van der Waals surface area contributed by atoms with Crippen molar-refractivity contribution in [1.29, 1.82) is 0 Å². The van der Waals surface area contributed by atoms with E-state index in [4.69, 9.17) is 0 Å². The van der Waals surface area contributed by atoms with Crippen molar-refractivity contribution in [3.05, 3.63) is 47.5 Å². The zero-order valence-electron chi connectivity index (χ0n) is 13.8. The Bertz CT molecular complexity index is 612. The highest BCUT2D eigenvalue weighted by atomic mass is 32.2. The second kappa shape index (κ2) is 6.72. The molecule has 0 nitrogen and oxygen atoms in total. The fourth-order valence-corrected chi connectivity index (χ4v) is 5.19. The molecule has 0 radical (unpaired) electrons. The minimum atomic E-state index is 0.713. The zero-order chi connectivity index (χ0) is 15.7. The summed E-state index contributed by atoms with van der Waals surface area (Å²) >= 11 is 3.86. The molecule has 0 saturated carbocycles. The quantitative estimate of drug-likeness (QED) is 0.522. The number of hydrogen-bond acceptors (Lipinski definition) is 2. The van der Waals surface area contributed by atoms with E-state index in [2.05, 4.69) is 64.1 Å². The van der Waals surface area contributed by atoms with Crippen LogP contribution in [0.5, 0.6) is 0 Å². The maximum Gasteiger partial charge on any atom is 0.0265 e. The Labute approximate surface area is 143 Å². The van der Waals surface area contributed by atoms with Gasteiger partial charge in [-0.15, -0.1) is 0 Å². The van der Waals surface area contributed by atoms with Gasteiger partial charge in [-0.2, -0.15) is 0 Å². The predicted molar refractivity (Wildman–Crippen MR) is 98.2 cm³/mol. The number of benzene rings is 2. The largest absolute Gasteiger partial charge is 0.0877 e. The summed E-state index contributed by atoms with van der Waals surface area (Å²) in [5, 5.41) is 0. The summed E-state index contributed by atoms with van der Waals surface area (Å²) in [4.78, 5) is 5.66. The lowest BCUT2D eigenvalue weighted by atomic mass is 10.0. The lowest BCUT2D eigenvalue weighted by Gasteiger charge is -2.20. The Morgan fingerprint density at radius 1 is 0.636 bits per heavy atom. The van der Waals surface area contributed by atoms with Gasteiger partial charge in [-0.05, 0) is 60.1 Å². The zero-order valence-corrected chi connectivity index (χ0v) is 15.5. The van der Waals surface area contributed by atoms with E-state index < -0.39 is 0 Å². The molecule has 2 aromatic carbocycles. The minimum absolute atomic E-state index is 0.713. The maximum atomic E-state index is 2.39. The Hall–Kier alpha value is -0.860. The minimum Gasteiger partial charge on any atom is -0.0877 e. The van der Waals surface area contributed by atoms with Crippen LogP contribution in [0.1, 0.15) is 38.8 Å². The summed E-state index contributed by atoms with van der Waals surface area (Å²) in [6.45, 7) is 9.14. The second-order valence-electron chi connectivity index (χ2n) is 6.96. The molecule has 0 unspecified atom stereocenters. The highest BCUT2D eigenvalue weighted by Crippen LogP contribution is 2.49. The summed E-state index contributed by atoms with van der Waals surface area (Å²) in [5.74, 6) is 1.43. The van der Waals surface area contributed by atoms with E-state index in [1.807, 2.05) is 23.5 Å². The van der Waals surface area contributed by atoms with Gasteiger partial charge in [-0.25, -0.2) is 0 Å². The maximum absolute atomic E-state index is 2.39. The first kappa shape index (κ1) is 16.0. The van der Waals surface area contributed by atoms with Crippen LogP contribution in [0.4, 0.5) is 0 Å². The molecule has 1 heterocycles. The normalized spacial score (nSPS) is 13.4. The van der Waals surface area contributed by atoms with E-state index in [-0.39, 0.29) is 0 Å². The van der Waals surface area contributed by atoms with E-state index in [0.717, 1.165) is 0 Å². The SMILES string of the molecule is CC(C)Cc1ccc2c(c1)Sc1ccc(CC(C)C)cc1S2. The third kappa shape index (κ3) is 3.72. The Morgan fingerprint density at radius 2 is 1.05 bits per heavy atom. The second-order valence-corrected chi connectivity index (χ2v) is 9.13. The van der Waals surface area contributed by atoms with Crippen LogP contribution >= 0.6 is 23.5 Å². The van der Waals surface area contributed by atoms with Crippen molar-refractivity contribution in [2.75, 3.05) is 0 Å². The van der Waals surface area contributed by atoms with Crippen LogP contribution in [-0.2, 0) is 12.8 Å². The van der Waals surface area contributed by atoms with E-state index in [0.29, 0.717) is 11.8 Å². The first-order valence-electron chi connectivity index (χ1n) is 8.13. The van der Waals surface area contributed by atoms with Gasteiger partial charge in [0.1, 0.15) is 0 Å². The fraction of sp³-hybridized carbons (Fsp3) is 0.400. The van der Waals surface area contributed by atoms with Crippen LogP contribution < -0.4 is 0 Å². The Morgan fingerprint density at radius 3 is 1.41 bits per heavy atom. The highest BCUT2D eigenvalue weighted by molar-refractivity contribution is 8.05. The molecule has 2 aromatic rings. The molecule has 116 valence electrons. The van der Waals surface area contributed by atoms with E-state index in [1.165, 1.54) is 43.6 Å². The lowest BCUT2D eigenvalue weighted by molar-refractivity contribution is 0.645. The smallest absolute Gasteiger partial charge is 0.0265 e. The molecule has 0 spiro atoms. The topological polar surface area (TPSA) is 0 Å². The van der Waals surface area contributed by atoms with Crippen LogP contribution in [0.2, 0.25) is 0 Å². The molecule has 1 aliphatic rings. The molecule has 2 heteroatoms. The third-order valence-corrected chi connectivity index (χ3v) is 6.27. The summed E-state index contributed by atoms with van der Waals surface area (Å²) in [6, 6.07) is 14.0. The fourth-order valence-electron chi connectivity index (χ4n) is 2.87. The molecule has 0 fully saturated rings. The average Bonchev–Trinajstić information content (AvgIpc) is 2.44. The summed E-state index contributed by atoms with van der Waals surface area (Å²) in [5.41, 5.74) is 2.92. The van der Waals surface area contributed by atoms with Crippen LogP contribution in [0.3, 0.4) is 0 Å². The van der Waals surface area contributed by atoms with Gasteiger partial charge < -0.3 is 0 Å². The van der Waals surface area contributed by atoms with Gasteiger partial charge in [0, 0.05) is 19.6 Å². The molecular formula is C20H24S2. The van der Waals surface area contributed by atoms with E-state index in [1.54, 1.807) is 0 Å². The molecule has 0 N–H and O–H groups in total. The van der Waals surface area contributed by atoms with Gasteiger partial charge in [0.15, 0.2) is 0 Å². The van der Waals surface area contributed by atoms with Crippen LogP contribution in [0.25, 0.3) is 0 Å². The first-order chi connectivity index (χ1) is 10.5. The summed E-state index contributed by atoms with van der Waals surface area (Å²) in [6.07, 6.45) is 2.33. The third-order valence-electron chi connectivity index (χ3n) is 3.74. The van der Waals surface area contributed by atoms with E-state index in [9.17, 15) is 0 Å². The standard InChI is InChI=1S/C20H24S2/c1-13(2)9-15-5-7-17-19(11-15)21-18-8-6-16(10-14(3)4)12-20(18)22-17/h5-8,11-14H,9-10H2,1-4H3. The van der Waals surface area contributed by atoms with Crippen molar-refractivity contribution in [3.8, 4) is 0 Å². The van der Waals surface area contributed by atoms with Gasteiger partial charge in [0.25, 0.3) is 0 Å². The molecule has 22 heavy (non-hydrogen) atoms. The first-order valence-corrected chi connectivity index (χ1v) is 9.76. The molecule has 0 aromatic heterocycles. The van der Waals surface area contributed by atoms with Gasteiger partial charge in [0.05, 0.1) is 0 Å². The van der Waals surface area contributed by atoms with Crippen LogP contribution in [-0.4, -0.2) is 0 Å². The molecule has 3 rings (SSSR count). The van der Waals surface area contributed by atoms with Crippen molar-refractivity contribution < 1.29 is 0 Å². The predicted octanol–water partition coefficient (Wildman–Crippen LogP) is 6.70. The van der Waals surface area contributed by atoms with Crippen molar-refractivity contribution in [2.24, 2.45) is 11.8 Å². The number of hydrogen-bond donors (Lipinski definition) is 0. The lowest BCUT2D eigenvalue weighted by Crippen LogP contribution is -1.98. The van der Waals surface area contributed by atoms with Gasteiger partial charge in [-0.3, -0.25) is 0 Å². The summed E-state index contributed by atoms with van der Waals surface area (Å²) in [7, 11) is 0. The summed E-state index contributed by atoms with van der Waals surface area (Å²) < 4.78 is 0. The molecule has 1 aliphatic heterocycles. The van der Waals surface area contributed by atoms with Crippen LogP contribution in [0, 0.1) is 11.8 Å². The molecule has 0 amide bonds. The van der Waals surface area contributed by atoms with Gasteiger partial charge >= 0.3 is 0 Å². The van der Waals surface area contributed by atoms with E-state index >= 15 is 0 Å². The van der Waals surface area contributed by atoms with Crippen molar-refractivity contribution in [2.45, 2.75) is 60.1 Å². The molecule has 0 atom stereocenters. The van der Waals surface area contributed by atoms with Crippen molar-refractivity contribution >= 4 is 23.5 Å². The van der Waals surface area contributed by atoms with Crippen molar-refractivity contribution in [3.63, 3.8) is 0 Å². The Kier molecular flexibility index (Phi) is 4.89. The average molecular weight is 329 g/mol. The molecule has 0 saturated heterocycles. The highest BCUT2D eigenvalue weighted by Gasteiger charge is 2.18. The number of rotatable bonds is 4. The Balaban J connectivity index is 1.85. The molecule has 0 aliphatic carbocycles. The molecule has 0 bridgehead atoms. The van der Waals surface area contributed by atoms with Crippen molar-refractivity contribution in [1.82, 2.24) is 0 Å². The monoisotopic (exact) mass is 328 g/mol.